The van der Waals surface area contributed by atoms with E-state index >= 15 is 0 Å². The van der Waals surface area contributed by atoms with Gasteiger partial charge in [0.15, 0.2) is 24.6 Å². The lowest BCUT2D eigenvalue weighted by molar-refractivity contribution is -0.536. The van der Waals surface area contributed by atoms with Crippen LogP contribution in [0.1, 0.15) is 50.7 Å². The van der Waals surface area contributed by atoms with Gasteiger partial charge in [0, 0.05) is 23.3 Å². The van der Waals surface area contributed by atoms with Crippen LogP contribution < -0.4 is 15.5 Å². The topological polar surface area (TPSA) is 210 Å². The second-order valence-corrected chi connectivity index (χ2v) is 9.48. The molecule has 0 amide bonds. The molecule has 12 heteroatoms. The fourth-order valence-electron chi connectivity index (χ4n) is 4.53. The fourth-order valence-corrected chi connectivity index (χ4v) is 4.53. The van der Waals surface area contributed by atoms with Gasteiger partial charge in [0.05, 0.1) is 5.76 Å². The SMILES string of the molecule is C/C=C\C=C(/C)OC=Nc1c(O)cc(O)c(C2C([O-])C(c3c(O)cc(O)c(NCO/C(C)=C/C=C\C)c3O)C2[O-])c1O. The molecule has 0 bridgehead atoms. The van der Waals surface area contributed by atoms with Crippen LogP contribution in [0.4, 0.5) is 11.4 Å². The van der Waals surface area contributed by atoms with E-state index in [1.54, 1.807) is 50.3 Å². The quantitative estimate of drug-likeness (QED) is 0.0389. The van der Waals surface area contributed by atoms with E-state index in [0.717, 1.165) is 18.5 Å². The zero-order chi connectivity index (χ0) is 31.1. The summed E-state index contributed by atoms with van der Waals surface area (Å²) in [5.74, 6) is -6.20. The molecule has 7 N–H and O–H groups in total. The van der Waals surface area contributed by atoms with Crippen molar-refractivity contribution in [3.63, 3.8) is 0 Å². The van der Waals surface area contributed by atoms with E-state index in [2.05, 4.69) is 10.3 Å². The van der Waals surface area contributed by atoms with E-state index < -0.39 is 75.4 Å². The molecular formula is C30H34N2O10-2. The molecule has 2 atom stereocenters. The number of hydrogen-bond acceptors (Lipinski definition) is 12. The Kier molecular flexibility index (Phi) is 10.3. The maximum absolute atomic E-state index is 13.4. The van der Waals surface area contributed by atoms with Crippen molar-refractivity contribution in [3.05, 3.63) is 71.2 Å². The molecule has 2 aromatic rings. The molecule has 12 nitrogen and oxygen atoms in total. The van der Waals surface area contributed by atoms with Crippen molar-refractivity contribution in [3.8, 4) is 34.5 Å². The fraction of sp³-hybridized carbons (Fsp3) is 0.300. The van der Waals surface area contributed by atoms with Gasteiger partial charge in [-0.15, -0.1) is 12.2 Å². The molecule has 0 radical (unpaired) electrons. The average Bonchev–Trinajstić information content (AvgIpc) is 2.94. The van der Waals surface area contributed by atoms with Crippen LogP contribution in [0.3, 0.4) is 0 Å². The molecule has 3 rings (SSSR count). The van der Waals surface area contributed by atoms with Crippen molar-refractivity contribution in [1.29, 1.82) is 0 Å². The highest BCUT2D eigenvalue weighted by Crippen LogP contribution is 2.58. The Morgan fingerprint density at radius 3 is 1.90 bits per heavy atom. The molecule has 0 aromatic heterocycles. The Bertz CT molecular complexity index is 1430. The van der Waals surface area contributed by atoms with Crippen molar-refractivity contribution in [2.45, 2.75) is 51.7 Å². The molecule has 1 fully saturated rings. The normalized spacial score (nSPS) is 21.3. The summed E-state index contributed by atoms with van der Waals surface area (Å²) in [5, 5.41) is 92.5. The van der Waals surface area contributed by atoms with E-state index in [1.807, 2.05) is 13.8 Å². The first-order valence-electron chi connectivity index (χ1n) is 13.0. The number of aromatic hydroxyl groups is 6. The Morgan fingerprint density at radius 2 is 1.33 bits per heavy atom. The van der Waals surface area contributed by atoms with Crippen LogP contribution in [0, 0.1) is 0 Å². The van der Waals surface area contributed by atoms with Crippen LogP contribution in [0.2, 0.25) is 0 Å². The van der Waals surface area contributed by atoms with Crippen LogP contribution >= 0.6 is 0 Å². The van der Waals surface area contributed by atoms with Crippen molar-refractivity contribution >= 4 is 17.8 Å². The number of aliphatic imine (C=N–C) groups is 1. The van der Waals surface area contributed by atoms with Gasteiger partial charge in [-0.05, 0) is 51.7 Å². The minimum atomic E-state index is -1.86. The molecular weight excluding hydrogens is 548 g/mol. The van der Waals surface area contributed by atoms with E-state index in [1.165, 1.54) is 0 Å². The Hall–Kier alpha value is -4.81. The molecule has 2 aromatic carbocycles. The maximum atomic E-state index is 13.4. The number of nitrogens with one attached hydrogen (secondary N) is 1. The standard InChI is InChI=1S/C30H34N2O10/c1-5-7-9-15(3)41-13-31-25-19(35)11-17(33)21(29(25)39)23-27(37)24(28(23)38)22-18(34)12-20(36)26(30(22)40)32-14-42-16(4)10-8-6-2/h5-13,23-24,27-28,32-36,39-40H,14H2,1-4H3/q-2/b7-5-,8-6-,15-9+,16-10+,31-13?. The minimum absolute atomic E-state index is 0.201. The Labute approximate surface area is 242 Å². The second-order valence-electron chi connectivity index (χ2n) is 9.48. The monoisotopic (exact) mass is 582 g/mol. The molecule has 2 unspecified atom stereocenters. The number of allylic oxidation sites excluding steroid dienone is 8. The van der Waals surface area contributed by atoms with Gasteiger partial charge in [-0.2, -0.15) is 0 Å². The van der Waals surface area contributed by atoms with Crippen LogP contribution in [0.5, 0.6) is 34.5 Å². The number of ether oxygens (including phenoxy) is 2. The average molecular weight is 583 g/mol. The largest absolute Gasteiger partial charge is 0.851 e. The highest BCUT2D eigenvalue weighted by atomic mass is 16.5. The number of phenols is 6. The van der Waals surface area contributed by atoms with E-state index in [4.69, 9.17) is 9.47 Å². The lowest BCUT2D eigenvalue weighted by atomic mass is 9.62. The summed E-state index contributed by atoms with van der Waals surface area (Å²) in [7, 11) is 0. The summed E-state index contributed by atoms with van der Waals surface area (Å²) in [6.07, 6.45) is 7.56. The Morgan fingerprint density at radius 1 is 0.810 bits per heavy atom. The van der Waals surface area contributed by atoms with Crippen LogP contribution in [-0.2, 0) is 9.47 Å². The molecule has 42 heavy (non-hydrogen) atoms. The second kappa shape index (κ2) is 13.7. The van der Waals surface area contributed by atoms with Crippen LogP contribution in [0.15, 0.2) is 65.1 Å². The van der Waals surface area contributed by atoms with Crippen molar-refractivity contribution < 1.29 is 50.3 Å². The van der Waals surface area contributed by atoms with Crippen molar-refractivity contribution in [2.75, 3.05) is 12.0 Å². The Balaban J connectivity index is 1.90. The highest BCUT2D eigenvalue weighted by molar-refractivity contribution is 5.75. The predicted molar refractivity (Wildman–Crippen MR) is 152 cm³/mol. The molecule has 0 saturated heterocycles. The third-order valence-electron chi connectivity index (χ3n) is 6.67. The summed E-state index contributed by atoms with van der Waals surface area (Å²) >= 11 is 0. The first kappa shape index (κ1) is 31.7. The van der Waals surface area contributed by atoms with Crippen molar-refractivity contribution in [2.24, 2.45) is 4.99 Å². The number of nitrogens with zero attached hydrogens (tertiary/aromatic N) is 1. The molecule has 0 aliphatic heterocycles. The summed E-state index contributed by atoms with van der Waals surface area (Å²) in [4.78, 5) is 3.87. The molecule has 226 valence electrons. The van der Waals surface area contributed by atoms with Gasteiger partial charge in [-0.3, -0.25) is 0 Å². The van der Waals surface area contributed by atoms with Crippen LogP contribution in [0.25, 0.3) is 0 Å². The summed E-state index contributed by atoms with van der Waals surface area (Å²) in [5.41, 5.74) is -1.55. The van der Waals surface area contributed by atoms with Crippen molar-refractivity contribution in [1.82, 2.24) is 0 Å². The zero-order valence-electron chi connectivity index (χ0n) is 23.5. The molecule has 1 saturated carbocycles. The van der Waals surface area contributed by atoms with E-state index in [-0.39, 0.29) is 12.4 Å². The van der Waals surface area contributed by atoms with E-state index in [0.29, 0.717) is 11.5 Å². The minimum Gasteiger partial charge on any atom is -0.851 e. The summed E-state index contributed by atoms with van der Waals surface area (Å²) in [6, 6.07) is 1.71. The van der Waals surface area contributed by atoms with Gasteiger partial charge in [0.1, 0.15) is 40.2 Å². The third kappa shape index (κ3) is 6.56. The first-order chi connectivity index (χ1) is 19.9. The highest BCUT2D eigenvalue weighted by Gasteiger charge is 2.44. The van der Waals surface area contributed by atoms with Gasteiger partial charge in [-0.1, -0.05) is 24.3 Å². The number of phenolic OH excluding ortho intramolecular Hbond substituents is 6. The summed E-state index contributed by atoms with van der Waals surface area (Å²) in [6.45, 7) is 6.76. The molecule has 1 aliphatic carbocycles. The lowest BCUT2D eigenvalue weighted by Crippen LogP contribution is -2.63. The third-order valence-corrected chi connectivity index (χ3v) is 6.67. The maximum Gasteiger partial charge on any atom is 0.181 e. The van der Waals surface area contributed by atoms with Gasteiger partial charge in [-0.25, -0.2) is 4.99 Å². The molecule has 1 aliphatic rings. The lowest BCUT2D eigenvalue weighted by Gasteiger charge is -2.61. The van der Waals surface area contributed by atoms with Gasteiger partial charge in [0.2, 0.25) is 0 Å². The number of rotatable bonds is 11. The van der Waals surface area contributed by atoms with Gasteiger partial charge >= 0.3 is 0 Å². The zero-order valence-corrected chi connectivity index (χ0v) is 23.5. The molecule has 0 spiro atoms. The van der Waals surface area contributed by atoms with Gasteiger partial charge < -0.3 is 55.6 Å². The first-order valence-corrected chi connectivity index (χ1v) is 13.0. The predicted octanol–water partition coefficient (Wildman–Crippen LogP) is 3.28. The van der Waals surface area contributed by atoms with E-state index in [9.17, 15) is 40.9 Å². The number of hydrogen-bond donors (Lipinski definition) is 7. The number of benzene rings is 2. The van der Waals surface area contributed by atoms with Crippen LogP contribution in [-0.4, -0.2) is 56.0 Å². The van der Waals surface area contributed by atoms with Gasteiger partial charge in [0.25, 0.3) is 0 Å². The molecule has 0 heterocycles. The summed E-state index contributed by atoms with van der Waals surface area (Å²) < 4.78 is 10.7. The number of anilines is 1. The smallest absolute Gasteiger partial charge is 0.181 e.